The number of nitrogens with one attached hydrogen (secondary N) is 1. The molecule has 0 aliphatic rings. The Morgan fingerprint density at radius 3 is 2.58 bits per heavy atom. The number of nitrogens with zero attached hydrogens (tertiary/aromatic N) is 2. The van der Waals surface area contributed by atoms with E-state index < -0.39 is 0 Å². The zero-order valence-electron chi connectivity index (χ0n) is 11.1. The molecule has 4 nitrogen and oxygen atoms in total. The third-order valence-electron chi connectivity index (χ3n) is 2.78. The van der Waals surface area contributed by atoms with E-state index in [-0.39, 0.29) is 11.9 Å². The van der Waals surface area contributed by atoms with Crippen LogP contribution in [0.1, 0.15) is 28.7 Å². The van der Waals surface area contributed by atoms with E-state index in [1.807, 2.05) is 44.2 Å². The summed E-state index contributed by atoms with van der Waals surface area (Å²) in [6.45, 7) is 3.82. The minimum absolute atomic E-state index is 0.0537. The summed E-state index contributed by atoms with van der Waals surface area (Å²) in [5.41, 5.74) is 2.35. The molecule has 0 saturated carbocycles. The highest BCUT2D eigenvalue weighted by Crippen LogP contribution is 2.03. The number of rotatable bonds is 4. The lowest BCUT2D eigenvalue weighted by molar-refractivity contribution is 0.0934. The van der Waals surface area contributed by atoms with Crippen LogP contribution >= 0.6 is 0 Å². The zero-order chi connectivity index (χ0) is 13.7. The first-order valence-electron chi connectivity index (χ1n) is 6.28. The minimum atomic E-state index is -0.184. The number of hydrogen-bond acceptors (Lipinski definition) is 3. The van der Waals surface area contributed by atoms with Crippen molar-refractivity contribution in [1.29, 1.82) is 0 Å². The number of amides is 1. The first kappa shape index (κ1) is 13.2. The number of benzene rings is 1. The predicted octanol–water partition coefficient (Wildman–Crippen LogP) is 2.15. The molecular formula is C15H17N3O. The van der Waals surface area contributed by atoms with Crippen molar-refractivity contribution in [2.24, 2.45) is 0 Å². The van der Waals surface area contributed by atoms with E-state index in [1.54, 1.807) is 6.20 Å². The molecule has 0 unspecified atom stereocenters. The van der Waals surface area contributed by atoms with E-state index >= 15 is 0 Å². The lowest BCUT2D eigenvalue weighted by Crippen LogP contribution is -2.34. The number of aryl methyl sites for hydroxylation is 1. The molecule has 4 heteroatoms. The van der Waals surface area contributed by atoms with E-state index in [0.717, 1.165) is 12.1 Å². The number of carbonyl (C=O) groups excluding carboxylic acids is 1. The zero-order valence-corrected chi connectivity index (χ0v) is 11.1. The van der Waals surface area contributed by atoms with Crippen LogP contribution in [0.25, 0.3) is 0 Å². The van der Waals surface area contributed by atoms with Crippen LogP contribution in [-0.2, 0) is 6.42 Å². The van der Waals surface area contributed by atoms with Gasteiger partial charge < -0.3 is 5.32 Å². The van der Waals surface area contributed by atoms with Crippen molar-refractivity contribution in [3.63, 3.8) is 0 Å². The summed E-state index contributed by atoms with van der Waals surface area (Å²) < 4.78 is 0. The second-order valence-electron chi connectivity index (χ2n) is 4.61. The molecule has 1 aromatic carbocycles. The van der Waals surface area contributed by atoms with Crippen LogP contribution in [0.2, 0.25) is 0 Å². The Balaban J connectivity index is 1.93. The molecule has 1 aromatic heterocycles. The molecule has 1 amide bonds. The summed E-state index contributed by atoms with van der Waals surface area (Å²) in [5, 5.41) is 2.92. The summed E-state index contributed by atoms with van der Waals surface area (Å²) in [6, 6.07) is 10.1. The third kappa shape index (κ3) is 3.88. The molecule has 0 radical (unpaired) electrons. The van der Waals surface area contributed by atoms with Gasteiger partial charge in [0.2, 0.25) is 0 Å². The lowest BCUT2D eigenvalue weighted by atomic mass is 10.1. The van der Waals surface area contributed by atoms with Gasteiger partial charge in [-0.1, -0.05) is 30.3 Å². The monoisotopic (exact) mass is 255 g/mol. The van der Waals surface area contributed by atoms with Gasteiger partial charge in [-0.05, 0) is 25.8 Å². The molecule has 98 valence electrons. The fourth-order valence-electron chi connectivity index (χ4n) is 1.83. The Labute approximate surface area is 112 Å². The molecular weight excluding hydrogens is 238 g/mol. The van der Waals surface area contributed by atoms with Gasteiger partial charge in [0.15, 0.2) is 0 Å². The minimum Gasteiger partial charge on any atom is -0.348 e. The van der Waals surface area contributed by atoms with Crippen molar-refractivity contribution in [3.05, 3.63) is 59.7 Å². The van der Waals surface area contributed by atoms with Crippen molar-refractivity contribution in [2.75, 3.05) is 0 Å². The van der Waals surface area contributed by atoms with Gasteiger partial charge in [-0.25, -0.2) is 4.98 Å². The largest absolute Gasteiger partial charge is 0.348 e. The van der Waals surface area contributed by atoms with Crippen molar-refractivity contribution in [3.8, 4) is 0 Å². The smallest absolute Gasteiger partial charge is 0.271 e. The number of carbonyl (C=O) groups is 1. The SMILES string of the molecule is Cc1cnc(C(=O)N[C@H](C)Cc2ccccc2)cn1. The Kier molecular flexibility index (Phi) is 4.23. The highest BCUT2D eigenvalue weighted by molar-refractivity contribution is 5.92. The van der Waals surface area contributed by atoms with Crippen LogP contribution in [-0.4, -0.2) is 21.9 Å². The van der Waals surface area contributed by atoms with Crippen LogP contribution < -0.4 is 5.32 Å². The van der Waals surface area contributed by atoms with E-state index in [1.165, 1.54) is 11.8 Å². The van der Waals surface area contributed by atoms with Gasteiger partial charge in [0.05, 0.1) is 11.9 Å². The summed E-state index contributed by atoms with van der Waals surface area (Å²) in [6.07, 6.45) is 3.89. The molecule has 2 aromatic rings. The van der Waals surface area contributed by atoms with Gasteiger partial charge in [-0.3, -0.25) is 9.78 Å². The van der Waals surface area contributed by atoms with Gasteiger partial charge in [-0.15, -0.1) is 0 Å². The van der Waals surface area contributed by atoms with Crippen LogP contribution in [0.3, 0.4) is 0 Å². The lowest BCUT2D eigenvalue weighted by Gasteiger charge is -2.13. The van der Waals surface area contributed by atoms with Crippen LogP contribution in [0.15, 0.2) is 42.7 Å². The number of aromatic nitrogens is 2. The maximum absolute atomic E-state index is 11.9. The van der Waals surface area contributed by atoms with E-state index in [2.05, 4.69) is 15.3 Å². The molecule has 0 bridgehead atoms. The average Bonchev–Trinajstić information content (AvgIpc) is 2.40. The predicted molar refractivity (Wildman–Crippen MR) is 73.8 cm³/mol. The second-order valence-corrected chi connectivity index (χ2v) is 4.61. The molecule has 0 spiro atoms. The molecule has 0 saturated heterocycles. The van der Waals surface area contributed by atoms with Gasteiger partial charge >= 0.3 is 0 Å². The van der Waals surface area contributed by atoms with Crippen LogP contribution in [0.5, 0.6) is 0 Å². The average molecular weight is 255 g/mol. The Morgan fingerprint density at radius 1 is 1.21 bits per heavy atom. The standard InChI is InChI=1S/C15H17N3O/c1-11(8-13-6-4-3-5-7-13)18-15(19)14-10-16-12(2)9-17-14/h3-7,9-11H,8H2,1-2H3,(H,18,19)/t11-/m1/s1. The van der Waals surface area contributed by atoms with E-state index in [9.17, 15) is 4.79 Å². The first-order valence-corrected chi connectivity index (χ1v) is 6.28. The topological polar surface area (TPSA) is 54.9 Å². The van der Waals surface area contributed by atoms with Gasteiger partial charge in [0.25, 0.3) is 5.91 Å². The molecule has 0 fully saturated rings. The van der Waals surface area contributed by atoms with Gasteiger partial charge in [0, 0.05) is 12.2 Å². The summed E-state index contributed by atoms with van der Waals surface area (Å²) in [4.78, 5) is 20.1. The molecule has 0 aliphatic carbocycles. The normalized spacial score (nSPS) is 11.9. The second kappa shape index (κ2) is 6.09. The molecule has 1 N–H and O–H groups in total. The highest BCUT2D eigenvalue weighted by atomic mass is 16.1. The van der Waals surface area contributed by atoms with Crippen LogP contribution in [0.4, 0.5) is 0 Å². The van der Waals surface area contributed by atoms with E-state index in [4.69, 9.17) is 0 Å². The van der Waals surface area contributed by atoms with Gasteiger partial charge in [0.1, 0.15) is 5.69 Å². The Hall–Kier alpha value is -2.23. The molecule has 19 heavy (non-hydrogen) atoms. The van der Waals surface area contributed by atoms with Gasteiger partial charge in [-0.2, -0.15) is 0 Å². The maximum Gasteiger partial charge on any atom is 0.271 e. The summed E-state index contributed by atoms with van der Waals surface area (Å²) in [5.74, 6) is -0.184. The molecule has 0 aliphatic heterocycles. The van der Waals surface area contributed by atoms with Crippen molar-refractivity contribution in [1.82, 2.24) is 15.3 Å². The maximum atomic E-state index is 11.9. The highest BCUT2D eigenvalue weighted by Gasteiger charge is 2.11. The molecule has 1 atom stereocenters. The van der Waals surface area contributed by atoms with E-state index in [0.29, 0.717) is 5.69 Å². The number of hydrogen-bond donors (Lipinski definition) is 1. The molecule has 1 heterocycles. The quantitative estimate of drug-likeness (QED) is 0.910. The van der Waals surface area contributed by atoms with Crippen LogP contribution in [0, 0.1) is 6.92 Å². The van der Waals surface area contributed by atoms with Crippen molar-refractivity contribution in [2.45, 2.75) is 26.3 Å². The molecule has 2 rings (SSSR count). The Bertz CT molecular complexity index is 537. The first-order chi connectivity index (χ1) is 9.15. The fraction of sp³-hybridized carbons (Fsp3) is 0.267. The summed E-state index contributed by atoms with van der Waals surface area (Å²) in [7, 11) is 0. The van der Waals surface area contributed by atoms with Crippen molar-refractivity contribution >= 4 is 5.91 Å². The van der Waals surface area contributed by atoms with Crippen molar-refractivity contribution < 1.29 is 4.79 Å². The summed E-state index contributed by atoms with van der Waals surface area (Å²) >= 11 is 0. The Morgan fingerprint density at radius 2 is 1.95 bits per heavy atom. The fourth-order valence-corrected chi connectivity index (χ4v) is 1.83. The third-order valence-corrected chi connectivity index (χ3v) is 2.78.